The van der Waals surface area contributed by atoms with Crippen LogP contribution in [-0.2, 0) is 65.4 Å². The fourth-order valence-corrected chi connectivity index (χ4v) is 12.3. The van der Waals surface area contributed by atoms with Crippen LogP contribution < -0.4 is 0 Å². The molecular formula is C74H140O17P2. The molecular weight excluding hydrogens is 1220 g/mol. The summed E-state index contributed by atoms with van der Waals surface area (Å²) >= 11 is 0. The van der Waals surface area contributed by atoms with E-state index in [0.717, 1.165) is 121 Å². The highest BCUT2D eigenvalue weighted by Gasteiger charge is 2.30. The largest absolute Gasteiger partial charge is 0.472 e. The van der Waals surface area contributed by atoms with E-state index in [4.69, 9.17) is 37.0 Å². The number of ether oxygens (including phenoxy) is 4. The Labute approximate surface area is 567 Å². The Hall–Kier alpha value is -2.46. The second-order valence-corrected chi connectivity index (χ2v) is 30.1. The number of hydrogen-bond donors (Lipinski definition) is 3. The van der Waals surface area contributed by atoms with Crippen molar-refractivity contribution < 1.29 is 80.2 Å². The Morgan fingerprint density at radius 2 is 0.634 bits per heavy atom. The second kappa shape index (κ2) is 64.2. The Kier molecular flexibility index (Phi) is 62.5. The molecule has 6 atom stereocenters. The third-order valence-corrected chi connectivity index (χ3v) is 18.8. The molecule has 3 unspecified atom stereocenters. The minimum Gasteiger partial charge on any atom is -0.462 e. The topological polar surface area (TPSA) is 237 Å². The number of aliphatic hydroxyl groups is 1. The van der Waals surface area contributed by atoms with Gasteiger partial charge in [0.15, 0.2) is 12.2 Å². The van der Waals surface area contributed by atoms with Crippen molar-refractivity contribution in [3.8, 4) is 0 Å². The summed E-state index contributed by atoms with van der Waals surface area (Å²) in [7, 11) is -9.92. The lowest BCUT2D eigenvalue weighted by atomic mass is 10.00. The molecule has 0 aromatic rings. The fourth-order valence-electron chi connectivity index (χ4n) is 10.7. The third-order valence-electron chi connectivity index (χ3n) is 16.9. The average molecular weight is 1360 g/mol. The number of carbonyl (C=O) groups is 4. The molecule has 0 aromatic carbocycles. The van der Waals surface area contributed by atoms with Gasteiger partial charge in [-0.3, -0.25) is 37.3 Å². The summed E-state index contributed by atoms with van der Waals surface area (Å²) in [6.45, 7) is 11.7. The van der Waals surface area contributed by atoms with E-state index in [1.165, 1.54) is 141 Å². The Balaban J connectivity index is 5.19. The standard InChI is InChI=1S/C74H140O17P2/c1-8-10-11-12-13-14-15-16-19-24-27-30-33-43-50-57-73(78)90-69(62-85-72(77)56-49-42-37-35-40-47-54-67(7)9-2)63-88-92(80,81)86-59-68(75)60-87-93(82,83)89-64-70(91-74(79)58-51-44-36-34-39-46-53-66(5)6)61-84-71(76)55-48-41-32-29-26-23-21-18-17-20-22-25-28-31-38-45-52-65(3)4/h14-16,19,65-70,75H,8-13,17-18,20-64H2,1-7H3,(H,80,81)(H,82,83)/b15-14-,19-16-/t67?,68-,69+,70+/m0/s1. The van der Waals surface area contributed by atoms with Crippen LogP contribution in [0.3, 0.4) is 0 Å². The number of esters is 4. The van der Waals surface area contributed by atoms with E-state index in [2.05, 4.69) is 72.8 Å². The van der Waals surface area contributed by atoms with Crippen molar-refractivity contribution in [3.05, 3.63) is 24.3 Å². The Morgan fingerprint density at radius 1 is 0.355 bits per heavy atom. The van der Waals surface area contributed by atoms with Gasteiger partial charge in [0.1, 0.15) is 19.3 Å². The quantitative estimate of drug-likeness (QED) is 0.0169. The molecule has 0 aliphatic carbocycles. The molecule has 0 aromatic heterocycles. The summed E-state index contributed by atoms with van der Waals surface area (Å²) in [5, 5.41) is 10.6. The van der Waals surface area contributed by atoms with Crippen molar-refractivity contribution in [1.29, 1.82) is 0 Å². The first-order chi connectivity index (χ1) is 44.8. The first-order valence-electron chi connectivity index (χ1n) is 37.7. The van der Waals surface area contributed by atoms with Crippen LogP contribution in [0, 0.1) is 17.8 Å². The van der Waals surface area contributed by atoms with Gasteiger partial charge in [0.2, 0.25) is 0 Å². The zero-order chi connectivity index (χ0) is 68.7. The molecule has 0 radical (unpaired) electrons. The molecule has 0 spiro atoms. The summed E-state index contributed by atoms with van der Waals surface area (Å²) in [6, 6.07) is 0. The summed E-state index contributed by atoms with van der Waals surface area (Å²) in [6.07, 6.45) is 52.5. The number of unbranched alkanes of at least 4 members (excludes halogenated alkanes) is 34. The number of hydrogen-bond acceptors (Lipinski definition) is 15. The summed E-state index contributed by atoms with van der Waals surface area (Å²) in [4.78, 5) is 72.6. The predicted octanol–water partition coefficient (Wildman–Crippen LogP) is 21.0. The molecule has 0 saturated heterocycles. The molecule has 0 bridgehead atoms. The van der Waals surface area contributed by atoms with E-state index in [1.807, 2.05) is 0 Å². The third kappa shape index (κ3) is 66.6. The predicted molar refractivity (Wildman–Crippen MR) is 377 cm³/mol. The lowest BCUT2D eigenvalue weighted by Crippen LogP contribution is -2.30. The van der Waals surface area contributed by atoms with Crippen LogP contribution in [0.2, 0.25) is 0 Å². The molecule has 19 heteroatoms. The normalized spacial score (nSPS) is 14.6. The van der Waals surface area contributed by atoms with Gasteiger partial charge in [-0.05, 0) is 69.1 Å². The fraction of sp³-hybridized carbons (Fsp3) is 0.892. The first kappa shape index (κ1) is 90.5. The van der Waals surface area contributed by atoms with E-state index in [9.17, 15) is 43.2 Å². The molecule has 0 rings (SSSR count). The second-order valence-electron chi connectivity index (χ2n) is 27.2. The highest BCUT2D eigenvalue weighted by molar-refractivity contribution is 7.47. The number of rotatable bonds is 70. The van der Waals surface area contributed by atoms with Gasteiger partial charge in [0.25, 0.3) is 0 Å². The SMILES string of the molecule is CCCCCC/C=C\C=C/CCCCCCCC(=O)O[C@H](COC(=O)CCCCCCCCC(C)CC)COP(=O)(O)OC[C@H](O)COP(=O)(O)OC[C@@H](COC(=O)CCCCCCCCCCCCCCCCCCC(C)C)OC(=O)CCCCCCCCC(C)C. The number of carbonyl (C=O) groups excluding carboxylic acids is 4. The summed E-state index contributed by atoms with van der Waals surface area (Å²) < 4.78 is 68.3. The lowest BCUT2D eigenvalue weighted by molar-refractivity contribution is -0.161. The molecule has 93 heavy (non-hydrogen) atoms. The van der Waals surface area contributed by atoms with E-state index >= 15 is 0 Å². The van der Waals surface area contributed by atoms with E-state index in [-0.39, 0.29) is 25.7 Å². The molecule has 0 aliphatic heterocycles. The van der Waals surface area contributed by atoms with Crippen molar-refractivity contribution >= 4 is 39.5 Å². The van der Waals surface area contributed by atoms with E-state index in [0.29, 0.717) is 31.6 Å². The summed E-state index contributed by atoms with van der Waals surface area (Å²) in [5.41, 5.74) is 0. The van der Waals surface area contributed by atoms with E-state index < -0.39 is 97.5 Å². The van der Waals surface area contributed by atoms with Crippen LogP contribution in [0.25, 0.3) is 0 Å². The van der Waals surface area contributed by atoms with Gasteiger partial charge in [-0.15, -0.1) is 0 Å². The van der Waals surface area contributed by atoms with Crippen LogP contribution in [0.5, 0.6) is 0 Å². The van der Waals surface area contributed by atoms with Crippen molar-refractivity contribution in [3.63, 3.8) is 0 Å². The number of phosphoric acid groups is 2. The van der Waals surface area contributed by atoms with Gasteiger partial charge < -0.3 is 33.8 Å². The van der Waals surface area contributed by atoms with Crippen molar-refractivity contribution in [2.24, 2.45) is 17.8 Å². The lowest BCUT2D eigenvalue weighted by Gasteiger charge is -2.21. The maximum Gasteiger partial charge on any atom is 0.472 e. The van der Waals surface area contributed by atoms with Gasteiger partial charge in [-0.2, -0.15) is 0 Å². The molecule has 0 heterocycles. The van der Waals surface area contributed by atoms with Gasteiger partial charge in [-0.25, -0.2) is 9.13 Å². The average Bonchev–Trinajstić information content (AvgIpc) is 1.58. The van der Waals surface area contributed by atoms with Gasteiger partial charge in [0, 0.05) is 25.7 Å². The van der Waals surface area contributed by atoms with Gasteiger partial charge in [0.05, 0.1) is 26.4 Å². The molecule has 0 amide bonds. The van der Waals surface area contributed by atoms with Crippen molar-refractivity contribution in [1.82, 2.24) is 0 Å². The van der Waals surface area contributed by atoms with Crippen LogP contribution >= 0.6 is 15.6 Å². The van der Waals surface area contributed by atoms with E-state index in [1.54, 1.807) is 0 Å². The zero-order valence-electron chi connectivity index (χ0n) is 60.2. The number of aliphatic hydroxyl groups excluding tert-OH is 1. The molecule has 0 saturated carbocycles. The first-order valence-corrected chi connectivity index (χ1v) is 40.7. The number of allylic oxidation sites excluding steroid dienone is 4. The van der Waals surface area contributed by atoms with Crippen LogP contribution in [0.15, 0.2) is 24.3 Å². The summed E-state index contributed by atoms with van der Waals surface area (Å²) in [5.74, 6) is 0.0482. The molecule has 3 N–H and O–H groups in total. The highest BCUT2D eigenvalue weighted by atomic mass is 31.2. The van der Waals surface area contributed by atoms with Gasteiger partial charge >= 0.3 is 39.5 Å². The monoisotopic (exact) mass is 1360 g/mol. The maximum atomic E-state index is 13.0. The van der Waals surface area contributed by atoms with Gasteiger partial charge in [-0.1, -0.05) is 297 Å². The highest BCUT2D eigenvalue weighted by Crippen LogP contribution is 2.45. The van der Waals surface area contributed by atoms with Crippen molar-refractivity contribution in [2.45, 2.75) is 369 Å². The molecule has 548 valence electrons. The van der Waals surface area contributed by atoms with Crippen LogP contribution in [0.4, 0.5) is 0 Å². The van der Waals surface area contributed by atoms with Crippen LogP contribution in [0.1, 0.15) is 350 Å². The Bertz CT molecular complexity index is 1910. The maximum absolute atomic E-state index is 13.0. The Morgan fingerprint density at radius 3 is 0.957 bits per heavy atom. The number of phosphoric ester groups is 2. The van der Waals surface area contributed by atoms with Crippen LogP contribution in [-0.4, -0.2) is 96.7 Å². The minimum absolute atomic E-state index is 0.0836. The molecule has 17 nitrogen and oxygen atoms in total. The van der Waals surface area contributed by atoms with Crippen molar-refractivity contribution in [2.75, 3.05) is 39.6 Å². The zero-order valence-corrected chi connectivity index (χ0v) is 62.0. The molecule has 0 fully saturated rings. The smallest absolute Gasteiger partial charge is 0.462 e. The molecule has 0 aliphatic rings. The minimum atomic E-state index is -4.96.